The van der Waals surface area contributed by atoms with Crippen LogP contribution in [0, 0.1) is 0 Å². The van der Waals surface area contributed by atoms with Crippen molar-refractivity contribution in [2.75, 3.05) is 5.32 Å². The van der Waals surface area contributed by atoms with E-state index in [1.54, 1.807) is 6.20 Å². The van der Waals surface area contributed by atoms with Crippen LogP contribution < -0.4 is 5.32 Å². The molecule has 4 aromatic rings. The topological polar surface area (TPSA) is 46.9 Å². The minimum Gasteiger partial charge on any atom is -0.321 e. The zero-order valence-electron chi connectivity index (χ0n) is 16.0. The first-order valence-corrected chi connectivity index (χ1v) is 9.83. The van der Waals surface area contributed by atoms with Gasteiger partial charge in [0, 0.05) is 28.2 Å². The number of aryl methyl sites for hydroxylation is 1. The highest BCUT2D eigenvalue weighted by Crippen LogP contribution is 2.27. The summed E-state index contributed by atoms with van der Waals surface area (Å²) in [6.45, 7) is 2.11. The van der Waals surface area contributed by atoms with Crippen LogP contribution in [0.1, 0.15) is 23.0 Å². The van der Waals surface area contributed by atoms with Crippen LogP contribution in [-0.4, -0.2) is 15.5 Å². The summed E-state index contributed by atoms with van der Waals surface area (Å²) >= 11 is 6.06. The fourth-order valence-corrected chi connectivity index (χ4v) is 3.37. The van der Waals surface area contributed by atoms with Crippen molar-refractivity contribution in [3.63, 3.8) is 0 Å². The highest BCUT2D eigenvalue weighted by Gasteiger charge is 2.18. The number of nitrogens with zero attached hydrogens (tertiary/aromatic N) is 2. The van der Waals surface area contributed by atoms with E-state index in [-0.39, 0.29) is 5.91 Å². The van der Waals surface area contributed by atoms with Crippen LogP contribution in [-0.2, 0) is 6.42 Å². The lowest BCUT2D eigenvalue weighted by Gasteiger charge is -2.11. The third kappa shape index (κ3) is 4.08. The van der Waals surface area contributed by atoms with Gasteiger partial charge in [-0.2, -0.15) is 0 Å². The number of hydrogen-bond acceptors (Lipinski definition) is 2. The number of aromatic nitrogens is 2. The van der Waals surface area contributed by atoms with Crippen LogP contribution in [0.5, 0.6) is 0 Å². The number of carbonyl (C=O) groups excluding carboxylic acids is 1. The first-order valence-electron chi connectivity index (χ1n) is 9.45. The Morgan fingerprint density at radius 1 is 0.966 bits per heavy atom. The Morgan fingerprint density at radius 3 is 2.38 bits per heavy atom. The summed E-state index contributed by atoms with van der Waals surface area (Å²) in [6, 6.07) is 25.0. The van der Waals surface area contributed by atoms with Crippen molar-refractivity contribution in [1.29, 1.82) is 0 Å². The quantitative estimate of drug-likeness (QED) is 0.445. The average Bonchev–Trinajstić information content (AvgIpc) is 3.20. The summed E-state index contributed by atoms with van der Waals surface area (Å²) in [5.41, 5.74) is 4.15. The van der Waals surface area contributed by atoms with Gasteiger partial charge in [0.1, 0.15) is 11.5 Å². The summed E-state index contributed by atoms with van der Waals surface area (Å²) in [5, 5.41) is 3.56. The first-order chi connectivity index (χ1) is 14.2. The number of nitrogens with one attached hydrogen (secondary N) is 1. The fourth-order valence-electron chi connectivity index (χ4n) is 3.24. The van der Waals surface area contributed by atoms with Crippen LogP contribution in [0.15, 0.2) is 85.1 Å². The molecule has 0 aliphatic carbocycles. The Hall–Kier alpha value is -3.37. The second-order valence-corrected chi connectivity index (χ2v) is 7.06. The number of imidazole rings is 1. The molecule has 29 heavy (non-hydrogen) atoms. The van der Waals surface area contributed by atoms with Crippen LogP contribution in [0.4, 0.5) is 5.69 Å². The van der Waals surface area contributed by atoms with Crippen molar-refractivity contribution in [1.82, 2.24) is 9.55 Å². The van der Waals surface area contributed by atoms with Gasteiger partial charge in [0.25, 0.3) is 5.91 Å². The molecule has 4 rings (SSSR count). The number of carbonyl (C=O) groups is 1. The maximum Gasteiger partial charge on any atom is 0.275 e. The second kappa shape index (κ2) is 8.33. The molecule has 0 saturated carbocycles. The lowest BCUT2D eigenvalue weighted by molar-refractivity contribution is 0.102. The molecular formula is C24H20ClN3O. The largest absolute Gasteiger partial charge is 0.321 e. The van der Waals surface area contributed by atoms with E-state index in [1.165, 1.54) is 5.56 Å². The van der Waals surface area contributed by atoms with E-state index < -0.39 is 0 Å². The zero-order valence-corrected chi connectivity index (χ0v) is 16.7. The van der Waals surface area contributed by atoms with E-state index in [0.717, 1.165) is 29.2 Å². The van der Waals surface area contributed by atoms with E-state index in [0.29, 0.717) is 10.7 Å². The van der Waals surface area contributed by atoms with E-state index >= 15 is 0 Å². The van der Waals surface area contributed by atoms with Crippen molar-refractivity contribution >= 4 is 23.2 Å². The molecule has 0 atom stereocenters. The Bertz CT molecular complexity index is 1130. The van der Waals surface area contributed by atoms with Gasteiger partial charge in [-0.25, -0.2) is 4.98 Å². The van der Waals surface area contributed by atoms with E-state index in [9.17, 15) is 4.79 Å². The second-order valence-electron chi connectivity index (χ2n) is 6.63. The molecule has 0 spiro atoms. The number of amides is 1. The lowest BCUT2D eigenvalue weighted by Crippen LogP contribution is -2.12. The molecule has 3 aromatic carbocycles. The van der Waals surface area contributed by atoms with Crippen LogP contribution in [0.25, 0.3) is 17.1 Å². The molecule has 0 radical (unpaired) electrons. The highest BCUT2D eigenvalue weighted by atomic mass is 35.5. The minimum absolute atomic E-state index is 0.251. The molecule has 4 nitrogen and oxygen atoms in total. The van der Waals surface area contributed by atoms with Crippen LogP contribution >= 0.6 is 11.6 Å². The van der Waals surface area contributed by atoms with E-state index in [1.807, 2.05) is 77.4 Å². The smallest absolute Gasteiger partial charge is 0.275 e. The van der Waals surface area contributed by atoms with Crippen LogP contribution in [0.3, 0.4) is 0 Å². The molecule has 0 unspecified atom stereocenters. The summed E-state index contributed by atoms with van der Waals surface area (Å²) < 4.78 is 1.94. The SMILES string of the molecule is CCc1ccccc1-c1nc(C(=O)Nc2ccccc2)cn1-c1ccc(Cl)cc1. The minimum atomic E-state index is -0.251. The third-order valence-corrected chi connectivity index (χ3v) is 4.97. The maximum absolute atomic E-state index is 12.8. The Kier molecular flexibility index (Phi) is 5.45. The molecule has 1 aromatic heterocycles. The summed E-state index contributed by atoms with van der Waals surface area (Å²) in [6.07, 6.45) is 2.64. The number of halogens is 1. The number of para-hydroxylation sites is 1. The summed E-state index contributed by atoms with van der Waals surface area (Å²) in [7, 11) is 0. The standard InChI is InChI=1S/C24H20ClN3O/c1-2-17-8-6-7-11-21(17)23-27-22(24(29)26-19-9-4-3-5-10-19)16-28(23)20-14-12-18(25)13-15-20/h3-16H,2H2,1H3,(H,26,29). The molecule has 0 aliphatic rings. The molecule has 0 bridgehead atoms. The van der Waals surface area contributed by atoms with Gasteiger partial charge >= 0.3 is 0 Å². The van der Waals surface area contributed by atoms with Gasteiger partial charge < -0.3 is 5.32 Å². The molecular weight excluding hydrogens is 382 g/mol. The van der Waals surface area contributed by atoms with Gasteiger partial charge in [0.2, 0.25) is 0 Å². The monoisotopic (exact) mass is 401 g/mol. The van der Waals surface area contributed by atoms with Gasteiger partial charge in [-0.15, -0.1) is 0 Å². The highest BCUT2D eigenvalue weighted by molar-refractivity contribution is 6.30. The van der Waals surface area contributed by atoms with Gasteiger partial charge in [-0.05, 0) is 48.4 Å². The molecule has 5 heteroatoms. The maximum atomic E-state index is 12.8. The van der Waals surface area contributed by atoms with Crippen molar-refractivity contribution in [2.24, 2.45) is 0 Å². The molecule has 144 valence electrons. The zero-order chi connectivity index (χ0) is 20.2. The Morgan fingerprint density at radius 2 is 1.66 bits per heavy atom. The number of hydrogen-bond donors (Lipinski definition) is 1. The predicted octanol–water partition coefficient (Wildman–Crippen LogP) is 6.01. The van der Waals surface area contributed by atoms with E-state index in [2.05, 4.69) is 18.3 Å². The van der Waals surface area contributed by atoms with Crippen molar-refractivity contribution < 1.29 is 4.79 Å². The predicted molar refractivity (Wildman–Crippen MR) is 118 cm³/mol. The molecule has 1 amide bonds. The molecule has 1 heterocycles. The van der Waals surface area contributed by atoms with Gasteiger partial charge in [0.05, 0.1) is 0 Å². The molecule has 0 saturated heterocycles. The number of anilines is 1. The molecule has 1 N–H and O–H groups in total. The number of rotatable bonds is 5. The van der Waals surface area contributed by atoms with Crippen molar-refractivity contribution in [3.05, 3.63) is 101 Å². The normalized spacial score (nSPS) is 10.7. The lowest BCUT2D eigenvalue weighted by atomic mass is 10.0. The molecule has 0 aliphatic heterocycles. The van der Waals surface area contributed by atoms with Crippen LogP contribution in [0.2, 0.25) is 5.02 Å². The van der Waals surface area contributed by atoms with Crippen molar-refractivity contribution in [3.8, 4) is 17.1 Å². The Labute approximate surface area is 174 Å². The van der Waals surface area contributed by atoms with Gasteiger partial charge in [-0.3, -0.25) is 9.36 Å². The van der Waals surface area contributed by atoms with Gasteiger partial charge in [-0.1, -0.05) is 61.0 Å². The Balaban J connectivity index is 1.80. The summed E-state index contributed by atoms with van der Waals surface area (Å²) in [5.74, 6) is 0.474. The average molecular weight is 402 g/mol. The van der Waals surface area contributed by atoms with Gasteiger partial charge in [0.15, 0.2) is 0 Å². The van der Waals surface area contributed by atoms with Crippen molar-refractivity contribution in [2.45, 2.75) is 13.3 Å². The third-order valence-electron chi connectivity index (χ3n) is 4.71. The van der Waals surface area contributed by atoms with E-state index in [4.69, 9.17) is 16.6 Å². The summed E-state index contributed by atoms with van der Waals surface area (Å²) in [4.78, 5) is 17.5. The number of benzene rings is 3. The first kappa shape index (κ1) is 19.0. The fraction of sp³-hybridized carbons (Fsp3) is 0.0833. The molecule has 0 fully saturated rings.